The molecule has 2 aromatic heterocycles. The standard InChI is InChI=1S/C19H25N5OS/c1-4-15-20-19-24(21-15)18(25)17(26-19)16(14-7-5-6-13(2)12-14)23-10-8-22(3)9-11-23/h5-7,12,16,25H,4,8-11H2,1-3H3/t16-/m1/s1. The lowest BCUT2D eigenvalue weighted by molar-refractivity contribution is 0.127. The molecule has 0 amide bonds. The van der Waals surface area contributed by atoms with Gasteiger partial charge in [-0.3, -0.25) is 4.90 Å². The molecule has 1 aliphatic heterocycles. The third-order valence-corrected chi connectivity index (χ3v) is 6.14. The fraction of sp³-hybridized carbons (Fsp3) is 0.474. The number of aryl methyl sites for hydroxylation is 2. The molecule has 138 valence electrons. The van der Waals surface area contributed by atoms with E-state index in [2.05, 4.69) is 58.1 Å². The van der Waals surface area contributed by atoms with Crippen LogP contribution in [-0.4, -0.2) is 62.7 Å². The zero-order valence-corrected chi connectivity index (χ0v) is 16.3. The number of likely N-dealkylation sites (N-methyl/N-ethyl adjacent to an activating group) is 1. The molecule has 1 aromatic carbocycles. The van der Waals surface area contributed by atoms with Gasteiger partial charge in [0.25, 0.3) is 0 Å². The highest BCUT2D eigenvalue weighted by Crippen LogP contribution is 2.40. The van der Waals surface area contributed by atoms with Crippen molar-refractivity contribution in [3.8, 4) is 5.88 Å². The second-order valence-corrected chi connectivity index (χ2v) is 8.03. The van der Waals surface area contributed by atoms with Crippen molar-refractivity contribution in [3.05, 3.63) is 46.1 Å². The normalized spacial score (nSPS) is 17.8. The van der Waals surface area contributed by atoms with Crippen molar-refractivity contribution < 1.29 is 5.11 Å². The molecule has 6 nitrogen and oxygen atoms in total. The number of fused-ring (bicyclic) bond motifs is 1. The van der Waals surface area contributed by atoms with Gasteiger partial charge in [0.1, 0.15) is 0 Å². The molecule has 1 fully saturated rings. The Bertz CT molecular complexity index is 910. The van der Waals surface area contributed by atoms with Crippen LogP contribution in [0.2, 0.25) is 0 Å². The average Bonchev–Trinajstić information content (AvgIpc) is 3.17. The Hall–Kier alpha value is -1.96. The van der Waals surface area contributed by atoms with Gasteiger partial charge in [-0.05, 0) is 19.5 Å². The Morgan fingerprint density at radius 1 is 1.23 bits per heavy atom. The Morgan fingerprint density at radius 3 is 2.65 bits per heavy atom. The molecular formula is C19H25N5OS. The number of thiazole rings is 1. The largest absolute Gasteiger partial charge is 0.492 e. The first kappa shape index (κ1) is 17.5. The number of nitrogens with zero attached hydrogens (tertiary/aromatic N) is 5. The third kappa shape index (κ3) is 3.11. The van der Waals surface area contributed by atoms with Gasteiger partial charge < -0.3 is 10.0 Å². The van der Waals surface area contributed by atoms with E-state index in [1.165, 1.54) is 11.1 Å². The van der Waals surface area contributed by atoms with Gasteiger partial charge >= 0.3 is 0 Å². The topological polar surface area (TPSA) is 56.9 Å². The summed E-state index contributed by atoms with van der Waals surface area (Å²) in [5.41, 5.74) is 2.44. The Balaban J connectivity index is 1.79. The minimum absolute atomic E-state index is 0.0298. The van der Waals surface area contributed by atoms with Crippen molar-refractivity contribution in [1.82, 2.24) is 24.4 Å². The highest BCUT2D eigenvalue weighted by atomic mass is 32.1. The number of hydrogen-bond donors (Lipinski definition) is 1. The molecule has 0 saturated carbocycles. The van der Waals surface area contributed by atoms with Gasteiger partial charge in [-0.1, -0.05) is 48.1 Å². The zero-order chi connectivity index (χ0) is 18.3. The minimum Gasteiger partial charge on any atom is -0.492 e. The van der Waals surface area contributed by atoms with Crippen molar-refractivity contribution in [2.75, 3.05) is 33.2 Å². The average molecular weight is 372 g/mol. The first-order valence-corrected chi connectivity index (χ1v) is 9.95. The molecule has 1 atom stereocenters. The summed E-state index contributed by atoms with van der Waals surface area (Å²) in [6.07, 6.45) is 0.767. The summed E-state index contributed by atoms with van der Waals surface area (Å²) < 4.78 is 1.59. The van der Waals surface area contributed by atoms with Crippen LogP contribution in [0.15, 0.2) is 24.3 Å². The van der Waals surface area contributed by atoms with Crippen LogP contribution in [0.1, 0.15) is 34.8 Å². The highest BCUT2D eigenvalue weighted by Gasteiger charge is 2.31. The molecule has 3 heterocycles. The van der Waals surface area contributed by atoms with E-state index in [0.717, 1.165) is 48.3 Å². The van der Waals surface area contributed by atoms with Crippen LogP contribution >= 0.6 is 11.3 Å². The quantitative estimate of drug-likeness (QED) is 0.764. The number of piperazine rings is 1. The molecule has 1 saturated heterocycles. The molecule has 1 N–H and O–H groups in total. The summed E-state index contributed by atoms with van der Waals surface area (Å²) in [7, 11) is 2.16. The van der Waals surface area contributed by atoms with E-state index in [-0.39, 0.29) is 11.9 Å². The van der Waals surface area contributed by atoms with E-state index in [1.54, 1.807) is 15.9 Å². The summed E-state index contributed by atoms with van der Waals surface area (Å²) >= 11 is 1.55. The van der Waals surface area contributed by atoms with Crippen molar-refractivity contribution in [3.63, 3.8) is 0 Å². The third-order valence-electron chi connectivity index (χ3n) is 5.07. The molecule has 7 heteroatoms. The molecule has 0 radical (unpaired) electrons. The number of hydrogen-bond acceptors (Lipinski definition) is 6. The van der Waals surface area contributed by atoms with Gasteiger partial charge in [0.15, 0.2) is 5.82 Å². The second-order valence-electron chi connectivity index (χ2n) is 7.02. The maximum absolute atomic E-state index is 10.9. The summed E-state index contributed by atoms with van der Waals surface area (Å²) in [6, 6.07) is 8.61. The van der Waals surface area contributed by atoms with E-state index < -0.39 is 0 Å². The maximum atomic E-state index is 10.9. The van der Waals surface area contributed by atoms with Crippen LogP contribution in [0.5, 0.6) is 5.88 Å². The SMILES string of the molecule is CCc1nc2sc([C@@H](c3cccc(C)c3)N3CCN(C)CC3)c(O)n2n1. The number of aromatic hydroxyl groups is 1. The van der Waals surface area contributed by atoms with Crippen molar-refractivity contribution in [2.45, 2.75) is 26.3 Å². The van der Waals surface area contributed by atoms with Crippen LogP contribution in [-0.2, 0) is 6.42 Å². The van der Waals surface area contributed by atoms with Gasteiger partial charge in [-0.15, -0.1) is 5.10 Å². The van der Waals surface area contributed by atoms with Gasteiger partial charge in [-0.2, -0.15) is 4.52 Å². The molecular weight excluding hydrogens is 346 g/mol. The Labute approximate surface area is 157 Å². The molecule has 1 aliphatic rings. The maximum Gasteiger partial charge on any atom is 0.230 e. The zero-order valence-electron chi connectivity index (χ0n) is 15.5. The molecule has 0 bridgehead atoms. The highest BCUT2D eigenvalue weighted by molar-refractivity contribution is 7.17. The summed E-state index contributed by atoms with van der Waals surface area (Å²) in [5.74, 6) is 0.993. The monoisotopic (exact) mass is 371 g/mol. The smallest absolute Gasteiger partial charge is 0.230 e. The first-order chi connectivity index (χ1) is 12.6. The molecule has 3 aromatic rings. The lowest BCUT2D eigenvalue weighted by atomic mass is 10.0. The lowest BCUT2D eigenvalue weighted by Gasteiger charge is -2.37. The Morgan fingerprint density at radius 2 is 2.00 bits per heavy atom. The first-order valence-electron chi connectivity index (χ1n) is 9.13. The molecule has 26 heavy (non-hydrogen) atoms. The predicted octanol–water partition coefficient (Wildman–Crippen LogP) is 2.70. The van der Waals surface area contributed by atoms with Crippen LogP contribution in [0, 0.1) is 6.92 Å². The van der Waals surface area contributed by atoms with Crippen molar-refractivity contribution in [2.24, 2.45) is 0 Å². The summed E-state index contributed by atoms with van der Waals surface area (Å²) in [6.45, 7) is 8.15. The van der Waals surface area contributed by atoms with E-state index in [0.29, 0.717) is 0 Å². The predicted molar refractivity (Wildman–Crippen MR) is 104 cm³/mol. The van der Waals surface area contributed by atoms with E-state index >= 15 is 0 Å². The van der Waals surface area contributed by atoms with Crippen molar-refractivity contribution >= 4 is 16.3 Å². The second kappa shape index (κ2) is 6.98. The van der Waals surface area contributed by atoms with Crippen LogP contribution in [0.25, 0.3) is 4.96 Å². The van der Waals surface area contributed by atoms with Gasteiger partial charge in [0.2, 0.25) is 10.8 Å². The number of aromatic nitrogens is 3. The van der Waals surface area contributed by atoms with Gasteiger partial charge in [0, 0.05) is 32.6 Å². The van der Waals surface area contributed by atoms with Gasteiger partial charge in [-0.25, -0.2) is 4.98 Å². The van der Waals surface area contributed by atoms with Crippen LogP contribution in [0.3, 0.4) is 0 Å². The lowest BCUT2D eigenvalue weighted by Crippen LogP contribution is -2.46. The van der Waals surface area contributed by atoms with Crippen LogP contribution in [0.4, 0.5) is 0 Å². The van der Waals surface area contributed by atoms with E-state index in [9.17, 15) is 5.11 Å². The number of rotatable bonds is 4. The minimum atomic E-state index is 0.0298. The Kier molecular flexibility index (Phi) is 4.69. The van der Waals surface area contributed by atoms with Crippen LogP contribution < -0.4 is 0 Å². The fourth-order valence-electron chi connectivity index (χ4n) is 3.57. The van der Waals surface area contributed by atoms with E-state index in [4.69, 9.17) is 0 Å². The summed E-state index contributed by atoms with van der Waals surface area (Å²) in [5, 5.41) is 15.4. The fourth-order valence-corrected chi connectivity index (χ4v) is 4.70. The summed E-state index contributed by atoms with van der Waals surface area (Å²) in [4.78, 5) is 11.0. The molecule has 4 rings (SSSR count). The molecule has 0 unspecified atom stereocenters. The molecule has 0 spiro atoms. The van der Waals surface area contributed by atoms with E-state index in [1.807, 2.05) is 6.92 Å². The van der Waals surface area contributed by atoms with Crippen molar-refractivity contribution in [1.29, 1.82) is 0 Å². The van der Waals surface area contributed by atoms with Gasteiger partial charge in [0.05, 0.1) is 10.9 Å². The molecule has 0 aliphatic carbocycles. The number of benzene rings is 1.